The van der Waals surface area contributed by atoms with Crippen molar-refractivity contribution in [2.24, 2.45) is 0 Å². The third-order valence-electron chi connectivity index (χ3n) is 0.677. The van der Waals surface area contributed by atoms with Gasteiger partial charge in [-0.25, -0.2) is 8.42 Å². The zero-order valence-corrected chi connectivity index (χ0v) is 8.86. The SMILES string of the molecule is O=S(=O)([O-])SCCSCCCl. The van der Waals surface area contributed by atoms with Gasteiger partial charge in [-0.3, -0.25) is 0 Å². The zero-order chi connectivity index (χ0) is 8.74. The Labute approximate surface area is 79.4 Å². The third-order valence-corrected chi connectivity index (χ3v) is 4.36. The van der Waals surface area contributed by atoms with Crippen LogP contribution in [0.5, 0.6) is 0 Å². The summed E-state index contributed by atoms with van der Waals surface area (Å²) in [5.41, 5.74) is 0. The Hall–Kier alpha value is 0.900. The molecular weight excluding hydrogens is 228 g/mol. The minimum absolute atomic E-state index is 0.341. The van der Waals surface area contributed by atoms with Crippen molar-refractivity contribution in [2.45, 2.75) is 0 Å². The van der Waals surface area contributed by atoms with Crippen LogP contribution in [0.3, 0.4) is 0 Å². The predicted molar refractivity (Wildman–Crippen MR) is 50.2 cm³/mol. The molecule has 0 aliphatic heterocycles. The van der Waals surface area contributed by atoms with Gasteiger partial charge >= 0.3 is 0 Å². The summed E-state index contributed by atoms with van der Waals surface area (Å²) >= 11 is 6.90. The molecule has 0 unspecified atom stereocenters. The summed E-state index contributed by atoms with van der Waals surface area (Å²) in [4.78, 5) is 0. The third kappa shape index (κ3) is 10.9. The fourth-order valence-electron chi connectivity index (χ4n) is 0.352. The van der Waals surface area contributed by atoms with E-state index >= 15 is 0 Å². The smallest absolute Gasteiger partial charge is 0.149 e. The Balaban J connectivity index is 3.16. The van der Waals surface area contributed by atoms with Crippen molar-refractivity contribution in [2.75, 3.05) is 23.1 Å². The van der Waals surface area contributed by atoms with Crippen LogP contribution in [0.15, 0.2) is 0 Å². The Kier molecular flexibility index (Phi) is 6.94. The van der Waals surface area contributed by atoms with Gasteiger partial charge in [0.25, 0.3) is 0 Å². The van der Waals surface area contributed by atoms with E-state index < -0.39 is 9.15 Å². The van der Waals surface area contributed by atoms with Crippen molar-refractivity contribution in [3.05, 3.63) is 0 Å². The van der Waals surface area contributed by atoms with E-state index in [1.807, 2.05) is 0 Å². The predicted octanol–water partition coefficient (Wildman–Crippen LogP) is 1.15. The van der Waals surface area contributed by atoms with E-state index in [0.717, 1.165) is 5.75 Å². The fraction of sp³-hybridized carbons (Fsp3) is 1.00. The minimum Gasteiger partial charge on any atom is -0.739 e. The van der Waals surface area contributed by atoms with Gasteiger partial charge in [0, 0.05) is 23.1 Å². The molecule has 0 spiro atoms. The van der Waals surface area contributed by atoms with E-state index in [0.29, 0.717) is 28.2 Å². The summed E-state index contributed by atoms with van der Waals surface area (Å²) in [5.74, 6) is 2.34. The number of hydrogen-bond acceptors (Lipinski definition) is 5. The maximum Gasteiger partial charge on any atom is 0.149 e. The Morgan fingerprint density at radius 2 is 1.91 bits per heavy atom. The first-order valence-corrected chi connectivity index (χ1v) is 7.40. The van der Waals surface area contributed by atoms with Crippen molar-refractivity contribution in [3.63, 3.8) is 0 Å². The van der Waals surface area contributed by atoms with Crippen LogP contribution in [0.25, 0.3) is 0 Å². The van der Waals surface area contributed by atoms with Crippen LogP contribution in [0.2, 0.25) is 0 Å². The van der Waals surface area contributed by atoms with E-state index in [1.54, 1.807) is 0 Å². The van der Waals surface area contributed by atoms with Gasteiger partial charge in [-0.2, -0.15) is 11.8 Å². The second-order valence-electron chi connectivity index (χ2n) is 1.53. The molecule has 11 heavy (non-hydrogen) atoms. The van der Waals surface area contributed by atoms with Gasteiger partial charge in [0.1, 0.15) is 9.15 Å². The highest BCUT2D eigenvalue weighted by atomic mass is 35.5. The minimum atomic E-state index is -4.09. The quantitative estimate of drug-likeness (QED) is 0.299. The molecule has 0 aliphatic rings. The summed E-state index contributed by atoms with van der Waals surface area (Å²) in [7, 11) is -3.65. The Morgan fingerprint density at radius 3 is 2.36 bits per heavy atom. The van der Waals surface area contributed by atoms with E-state index in [1.165, 1.54) is 11.8 Å². The molecule has 0 atom stereocenters. The van der Waals surface area contributed by atoms with Crippen LogP contribution in [0, 0.1) is 0 Å². The van der Waals surface area contributed by atoms with Crippen LogP contribution in [-0.2, 0) is 9.15 Å². The molecule has 0 aromatic heterocycles. The molecule has 0 amide bonds. The molecule has 3 nitrogen and oxygen atoms in total. The van der Waals surface area contributed by atoms with Crippen LogP contribution < -0.4 is 0 Å². The number of halogens is 1. The topological polar surface area (TPSA) is 57.2 Å². The summed E-state index contributed by atoms with van der Waals surface area (Å²) in [6.45, 7) is 0. The average Bonchev–Trinajstić information content (AvgIpc) is 1.85. The van der Waals surface area contributed by atoms with Crippen LogP contribution in [0.1, 0.15) is 0 Å². The highest BCUT2D eigenvalue weighted by molar-refractivity contribution is 8.69. The number of hydrogen-bond donors (Lipinski definition) is 0. The molecule has 0 bridgehead atoms. The van der Waals surface area contributed by atoms with Gasteiger partial charge in [-0.1, -0.05) is 0 Å². The first-order valence-electron chi connectivity index (χ1n) is 2.80. The van der Waals surface area contributed by atoms with Crippen molar-refractivity contribution < 1.29 is 13.0 Å². The summed E-state index contributed by atoms with van der Waals surface area (Å²) in [5, 5.41) is 0. The molecule has 0 saturated carbocycles. The lowest BCUT2D eigenvalue weighted by atomic mass is 10.9. The van der Waals surface area contributed by atoms with Crippen molar-refractivity contribution in [1.82, 2.24) is 0 Å². The second-order valence-corrected chi connectivity index (χ2v) is 6.53. The van der Waals surface area contributed by atoms with Gasteiger partial charge in [0.15, 0.2) is 0 Å². The standard InChI is InChI=1S/C4H9ClO3S3/c5-1-2-9-3-4-10-11(6,7)8/h1-4H2,(H,6,7,8)/p-1. The van der Waals surface area contributed by atoms with Gasteiger partial charge in [-0.05, 0) is 10.8 Å². The van der Waals surface area contributed by atoms with Gasteiger partial charge < -0.3 is 4.55 Å². The molecule has 7 heteroatoms. The number of alkyl halides is 1. The molecule has 0 fully saturated rings. The van der Waals surface area contributed by atoms with E-state index in [4.69, 9.17) is 11.6 Å². The summed E-state index contributed by atoms with van der Waals surface area (Å²) in [6, 6.07) is 0. The normalized spacial score (nSPS) is 11.8. The summed E-state index contributed by atoms with van der Waals surface area (Å²) in [6.07, 6.45) is 0. The largest absolute Gasteiger partial charge is 0.739 e. The lowest BCUT2D eigenvalue weighted by Crippen LogP contribution is -1.95. The average molecular weight is 236 g/mol. The molecular formula is C4H8ClO3S3-. The Morgan fingerprint density at radius 1 is 1.27 bits per heavy atom. The lowest BCUT2D eigenvalue weighted by molar-refractivity contribution is 0.482. The molecule has 0 aromatic rings. The van der Waals surface area contributed by atoms with Gasteiger partial charge in [0.05, 0.1) is 0 Å². The highest BCUT2D eigenvalue weighted by Crippen LogP contribution is 2.11. The maximum absolute atomic E-state index is 10.0. The zero-order valence-electron chi connectivity index (χ0n) is 5.66. The van der Waals surface area contributed by atoms with E-state index in [2.05, 4.69) is 0 Å². The number of thioether (sulfide) groups is 1. The van der Waals surface area contributed by atoms with Crippen LogP contribution >= 0.6 is 34.2 Å². The first-order chi connectivity index (χ1) is 5.06. The van der Waals surface area contributed by atoms with Gasteiger partial charge in [0.2, 0.25) is 0 Å². The highest BCUT2D eigenvalue weighted by Gasteiger charge is 1.95. The fourth-order valence-corrected chi connectivity index (χ4v) is 3.16. The molecule has 0 N–H and O–H groups in total. The summed E-state index contributed by atoms with van der Waals surface area (Å²) < 4.78 is 30.1. The second kappa shape index (κ2) is 6.42. The van der Waals surface area contributed by atoms with Crippen molar-refractivity contribution in [3.8, 4) is 0 Å². The molecule has 0 radical (unpaired) electrons. The van der Waals surface area contributed by atoms with Gasteiger partial charge in [-0.15, -0.1) is 11.6 Å². The van der Waals surface area contributed by atoms with Crippen molar-refractivity contribution >= 4 is 43.3 Å². The molecule has 0 saturated heterocycles. The lowest BCUT2D eigenvalue weighted by Gasteiger charge is -2.04. The van der Waals surface area contributed by atoms with Crippen molar-refractivity contribution in [1.29, 1.82) is 0 Å². The molecule has 0 heterocycles. The Bertz CT molecular complexity index is 179. The van der Waals surface area contributed by atoms with Crippen LogP contribution in [-0.4, -0.2) is 36.1 Å². The molecule has 0 aromatic carbocycles. The van der Waals surface area contributed by atoms with E-state index in [-0.39, 0.29) is 0 Å². The number of rotatable bonds is 6. The van der Waals surface area contributed by atoms with Crippen LogP contribution in [0.4, 0.5) is 0 Å². The maximum atomic E-state index is 10.0. The molecule has 0 rings (SSSR count). The molecule has 0 aliphatic carbocycles. The monoisotopic (exact) mass is 235 g/mol. The molecule has 68 valence electrons. The first kappa shape index (κ1) is 11.9. The van der Waals surface area contributed by atoms with E-state index in [9.17, 15) is 13.0 Å².